The highest BCUT2D eigenvalue weighted by molar-refractivity contribution is 5.31. The zero-order chi connectivity index (χ0) is 10.7. The maximum atomic E-state index is 13.0. The summed E-state index contributed by atoms with van der Waals surface area (Å²) in [6, 6.07) is 0. The first-order valence-electron chi connectivity index (χ1n) is 4.44. The number of aryl methyl sites for hydroxylation is 1. The minimum atomic E-state index is -0.515. The highest BCUT2D eigenvalue weighted by atomic mass is 19.1. The maximum absolute atomic E-state index is 13.0. The zero-order valence-electron chi connectivity index (χ0n) is 8.71. The number of rotatable bonds is 3. The Bertz CT molecular complexity index is 302. The van der Waals surface area contributed by atoms with Crippen molar-refractivity contribution in [2.45, 2.75) is 13.3 Å². The molecule has 0 saturated heterocycles. The van der Waals surface area contributed by atoms with Gasteiger partial charge in [-0.15, -0.1) is 0 Å². The van der Waals surface area contributed by atoms with Crippen LogP contribution < -0.4 is 5.73 Å². The van der Waals surface area contributed by atoms with E-state index in [1.165, 1.54) is 0 Å². The van der Waals surface area contributed by atoms with E-state index in [2.05, 4.69) is 9.97 Å². The van der Waals surface area contributed by atoms with Crippen LogP contribution in [0.15, 0.2) is 0 Å². The number of nitrogens with two attached hydrogens (primary N) is 1. The van der Waals surface area contributed by atoms with Crippen molar-refractivity contribution in [3.05, 3.63) is 17.3 Å². The van der Waals surface area contributed by atoms with Crippen LogP contribution in [0.4, 0.5) is 10.2 Å². The van der Waals surface area contributed by atoms with Crippen LogP contribution in [0.3, 0.4) is 0 Å². The van der Waals surface area contributed by atoms with Gasteiger partial charge in [0.2, 0.25) is 0 Å². The van der Waals surface area contributed by atoms with Gasteiger partial charge in [-0.2, -0.15) is 0 Å². The normalized spacial score (nSPS) is 10.9. The summed E-state index contributed by atoms with van der Waals surface area (Å²) in [7, 11) is 3.92. The van der Waals surface area contributed by atoms with Gasteiger partial charge in [-0.25, -0.2) is 14.4 Å². The molecule has 0 atom stereocenters. The number of nitrogens with zero attached hydrogens (tertiary/aromatic N) is 3. The molecule has 1 aromatic heterocycles. The van der Waals surface area contributed by atoms with Crippen molar-refractivity contribution in [3.8, 4) is 0 Å². The summed E-state index contributed by atoms with van der Waals surface area (Å²) in [6.45, 7) is 2.41. The maximum Gasteiger partial charge on any atom is 0.186 e. The predicted molar refractivity (Wildman–Crippen MR) is 53.4 cm³/mol. The highest BCUT2D eigenvalue weighted by Gasteiger charge is 2.08. The lowest BCUT2D eigenvalue weighted by Crippen LogP contribution is -2.17. The first-order valence-corrected chi connectivity index (χ1v) is 4.44. The largest absolute Gasteiger partial charge is 0.381 e. The van der Waals surface area contributed by atoms with E-state index < -0.39 is 5.82 Å². The summed E-state index contributed by atoms with van der Waals surface area (Å²) in [5.74, 6) is 0.0139. The lowest BCUT2D eigenvalue weighted by Gasteiger charge is -2.09. The second kappa shape index (κ2) is 4.32. The Morgan fingerprint density at radius 1 is 1.36 bits per heavy atom. The number of hydrogen-bond donors (Lipinski definition) is 1. The molecule has 0 aliphatic carbocycles. The zero-order valence-corrected chi connectivity index (χ0v) is 8.71. The molecule has 0 aliphatic heterocycles. The summed E-state index contributed by atoms with van der Waals surface area (Å²) in [4.78, 5) is 9.90. The number of hydrogen-bond acceptors (Lipinski definition) is 4. The Labute approximate surface area is 83.0 Å². The fraction of sp³-hybridized carbons (Fsp3) is 0.556. The van der Waals surface area contributed by atoms with Crippen LogP contribution in [0.1, 0.15) is 11.5 Å². The molecule has 0 radical (unpaired) electrons. The van der Waals surface area contributed by atoms with Gasteiger partial charge < -0.3 is 10.6 Å². The van der Waals surface area contributed by atoms with Crippen LogP contribution in [0.5, 0.6) is 0 Å². The van der Waals surface area contributed by atoms with Gasteiger partial charge in [-0.3, -0.25) is 0 Å². The van der Waals surface area contributed by atoms with E-state index in [9.17, 15) is 4.39 Å². The van der Waals surface area contributed by atoms with Crippen molar-refractivity contribution in [2.75, 3.05) is 26.4 Å². The summed E-state index contributed by atoms with van der Waals surface area (Å²) >= 11 is 0. The molecule has 5 heteroatoms. The molecule has 14 heavy (non-hydrogen) atoms. The second-order valence-corrected chi connectivity index (χ2v) is 3.48. The minimum Gasteiger partial charge on any atom is -0.381 e. The van der Waals surface area contributed by atoms with E-state index in [0.29, 0.717) is 17.9 Å². The van der Waals surface area contributed by atoms with Gasteiger partial charge in [-0.1, -0.05) is 0 Å². The van der Waals surface area contributed by atoms with Crippen LogP contribution in [0, 0.1) is 12.7 Å². The monoisotopic (exact) mass is 198 g/mol. The molecular weight excluding hydrogens is 183 g/mol. The summed E-state index contributed by atoms with van der Waals surface area (Å²) in [5, 5.41) is 0. The van der Waals surface area contributed by atoms with Gasteiger partial charge in [0.15, 0.2) is 11.6 Å². The van der Waals surface area contributed by atoms with Gasteiger partial charge in [0, 0.05) is 13.0 Å². The van der Waals surface area contributed by atoms with Crippen LogP contribution in [0.25, 0.3) is 0 Å². The summed E-state index contributed by atoms with van der Waals surface area (Å²) in [5.41, 5.74) is 5.70. The van der Waals surface area contributed by atoms with Crippen molar-refractivity contribution in [1.82, 2.24) is 14.9 Å². The van der Waals surface area contributed by atoms with Crippen LogP contribution in [0.2, 0.25) is 0 Å². The number of anilines is 1. The molecule has 0 unspecified atom stereocenters. The predicted octanol–water partition coefficient (Wildman–Crippen LogP) is 0.610. The third-order valence-corrected chi connectivity index (χ3v) is 1.87. The molecule has 0 spiro atoms. The SMILES string of the molecule is Cc1nc(CCN(C)C)nc(N)c1F. The van der Waals surface area contributed by atoms with Crippen molar-refractivity contribution < 1.29 is 4.39 Å². The Kier molecular flexibility index (Phi) is 3.35. The molecule has 0 fully saturated rings. The van der Waals surface area contributed by atoms with E-state index in [0.717, 1.165) is 6.54 Å². The highest BCUT2D eigenvalue weighted by Crippen LogP contribution is 2.10. The molecule has 4 nitrogen and oxygen atoms in total. The molecule has 0 saturated carbocycles. The van der Waals surface area contributed by atoms with E-state index in [-0.39, 0.29) is 5.82 Å². The Hall–Kier alpha value is -1.23. The number of halogens is 1. The molecule has 1 heterocycles. The lowest BCUT2D eigenvalue weighted by molar-refractivity contribution is 0.409. The third-order valence-electron chi connectivity index (χ3n) is 1.87. The van der Waals surface area contributed by atoms with Crippen molar-refractivity contribution in [3.63, 3.8) is 0 Å². The minimum absolute atomic E-state index is 0.0637. The molecule has 78 valence electrons. The number of likely N-dealkylation sites (N-methyl/N-ethyl adjacent to an activating group) is 1. The van der Waals surface area contributed by atoms with E-state index >= 15 is 0 Å². The van der Waals surface area contributed by atoms with Crippen LogP contribution >= 0.6 is 0 Å². The van der Waals surface area contributed by atoms with Crippen molar-refractivity contribution in [2.24, 2.45) is 0 Å². The van der Waals surface area contributed by atoms with Crippen LogP contribution in [-0.2, 0) is 6.42 Å². The lowest BCUT2D eigenvalue weighted by atomic mass is 10.3. The number of nitrogen functional groups attached to an aromatic ring is 1. The van der Waals surface area contributed by atoms with Gasteiger partial charge in [0.05, 0.1) is 5.69 Å². The van der Waals surface area contributed by atoms with Crippen LogP contribution in [-0.4, -0.2) is 35.5 Å². The molecule has 1 rings (SSSR count). The molecule has 0 bridgehead atoms. The fourth-order valence-electron chi connectivity index (χ4n) is 1.08. The standard InChI is InChI=1S/C9H15FN4/c1-6-8(10)9(11)13-7(12-6)4-5-14(2)3/h4-5H2,1-3H3,(H2,11,12,13). The smallest absolute Gasteiger partial charge is 0.186 e. The van der Waals surface area contributed by atoms with Gasteiger partial charge in [-0.05, 0) is 21.0 Å². The molecule has 2 N–H and O–H groups in total. The molecular formula is C9H15FN4. The Balaban J connectivity index is 2.79. The molecule has 0 amide bonds. The third kappa shape index (κ3) is 2.63. The quantitative estimate of drug-likeness (QED) is 0.773. The summed E-state index contributed by atoms with van der Waals surface area (Å²) in [6.07, 6.45) is 0.679. The van der Waals surface area contributed by atoms with E-state index in [1.54, 1.807) is 6.92 Å². The molecule has 0 aliphatic rings. The van der Waals surface area contributed by atoms with Crippen molar-refractivity contribution >= 4 is 5.82 Å². The second-order valence-electron chi connectivity index (χ2n) is 3.48. The number of aromatic nitrogens is 2. The van der Waals surface area contributed by atoms with Gasteiger partial charge in [0.25, 0.3) is 0 Å². The average molecular weight is 198 g/mol. The fourth-order valence-corrected chi connectivity index (χ4v) is 1.08. The Morgan fingerprint density at radius 3 is 2.50 bits per heavy atom. The Morgan fingerprint density at radius 2 is 2.00 bits per heavy atom. The van der Waals surface area contributed by atoms with Gasteiger partial charge >= 0.3 is 0 Å². The molecule has 0 aromatic carbocycles. The average Bonchev–Trinajstić information content (AvgIpc) is 2.10. The van der Waals surface area contributed by atoms with E-state index in [4.69, 9.17) is 5.73 Å². The van der Waals surface area contributed by atoms with Crippen molar-refractivity contribution in [1.29, 1.82) is 0 Å². The molecule has 1 aromatic rings. The van der Waals surface area contributed by atoms with E-state index in [1.807, 2.05) is 19.0 Å². The summed E-state index contributed by atoms with van der Waals surface area (Å²) < 4.78 is 13.0. The van der Waals surface area contributed by atoms with Gasteiger partial charge in [0.1, 0.15) is 5.82 Å². The first-order chi connectivity index (χ1) is 6.50. The first kappa shape index (κ1) is 10.8. The topological polar surface area (TPSA) is 55.0 Å².